The van der Waals surface area contributed by atoms with Gasteiger partial charge in [0.15, 0.2) is 0 Å². The van der Waals surface area contributed by atoms with Crippen molar-refractivity contribution in [1.29, 1.82) is 0 Å². The fourth-order valence-electron chi connectivity index (χ4n) is 1.87. The van der Waals surface area contributed by atoms with E-state index in [1.54, 1.807) is 0 Å². The molecule has 0 saturated heterocycles. The maximum absolute atomic E-state index is 5.59. The predicted octanol–water partition coefficient (Wildman–Crippen LogP) is 2.63. The summed E-state index contributed by atoms with van der Waals surface area (Å²) in [6.07, 6.45) is 2.40. The van der Waals surface area contributed by atoms with E-state index in [4.69, 9.17) is 5.84 Å². The molecule has 0 saturated carbocycles. The Kier molecular flexibility index (Phi) is 4.63. The van der Waals surface area contributed by atoms with Gasteiger partial charge in [-0.05, 0) is 17.9 Å². The van der Waals surface area contributed by atoms with Crippen molar-refractivity contribution in [2.75, 3.05) is 0 Å². The zero-order valence-corrected chi connectivity index (χ0v) is 9.03. The van der Waals surface area contributed by atoms with Crippen LogP contribution in [0.3, 0.4) is 0 Å². The molecule has 0 aliphatic heterocycles. The summed E-state index contributed by atoms with van der Waals surface area (Å²) in [7, 11) is 0. The summed E-state index contributed by atoms with van der Waals surface area (Å²) in [5.41, 5.74) is 4.18. The molecule has 0 heterocycles. The Hall–Kier alpha value is -0.860. The molecule has 78 valence electrons. The molecule has 0 fully saturated rings. The minimum absolute atomic E-state index is 0.274. The first-order chi connectivity index (χ1) is 6.79. The van der Waals surface area contributed by atoms with Crippen molar-refractivity contribution < 1.29 is 0 Å². The van der Waals surface area contributed by atoms with E-state index in [9.17, 15) is 0 Å². The normalized spacial score (nSPS) is 15.1. The van der Waals surface area contributed by atoms with Crippen LogP contribution in [0.15, 0.2) is 30.3 Å². The highest BCUT2D eigenvalue weighted by molar-refractivity contribution is 5.19. The Balaban J connectivity index is 2.71. The average molecular weight is 192 g/mol. The highest BCUT2D eigenvalue weighted by Crippen LogP contribution is 2.24. The van der Waals surface area contributed by atoms with Crippen LogP contribution in [-0.2, 0) is 0 Å². The van der Waals surface area contributed by atoms with Crippen molar-refractivity contribution in [2.45, 2.75) is 32.7 Å². The molecule has 0 spiro atoms. The van der Waals surface area contributed by atoms with Gasteiger partial charge in [-0.25, -0.2) is 0 Å². The summed E-state index contributed by atoms with van der Waals surface area (Å²) in [5.74, 6) is 6.16. The molecule has 2 atom stereocenters. The van der Waals surface area contributed by atoms with Gasteiger partial charge in [0.05, 0.1) is 0 Å². The van der Waals surface area contributed by atoms with Crippen LogP contribution < -0.4 is 11.3 Å². The molecular weight excluding hydrogens is 172 g/mol. The van der Waals surface area contributed by atoms with Crippen molar-refractivity contribution in [1.82, 2.24) is 5.43 Å². The van der Waals surface area contributed by atoms with Crippen molar-refractivity contribution in [3.05, 3.63) is 35.9 Å². The molecule has 2 nitrogen and oxygen atoms in total. The van der Waals surface area contributed by atoms with E-state index in [2.05, 4.69) is 43.5 Å². The second kappa shape index (κ2) is 5.78. The van der Waals surface area contributed by atoms with Gasteiger partial charge in [-0.15, -0.1) is 0 Å². The number of hydrogen-bond acceptors (Lipinski definition) is 2. The van der Waals surface area contributed by atoms with Gasteiger partial charge < -0.3 is 0 Å². The van der Waals surface area contributed by atoms with E-state index in [1.165, 1.54) is 18.4 Å². The molecule has 2 heteroatoms. The Labute approximate surface area is 86.5 Å². The highest BCUT2D eigenvalue weighted by atomic mass is 15.2. The fraction of sp³-hybridized carbons (Fsp3) is 0.500. The van der Waals surface area contributed by atoms with E-state index in [0.717, 1.165) is 0 Å². The first kappa shape index (κ1) is 11.2. The average Bonchev–Trinajstić information content (AvgIpc) is 2.21. The van der Waals surface area contributed by atoms with E-state index in [1.807, 2.05) is 6.07 Å². The molecule has 1 rings (SSSR count). The fourth-order valence-corrected chi connectivity index (χ4v) is 1.87. The van der Waals surface area contributed by atoms with Crippen molar-refractivity contribution >= 4 is 0 Å². The Morgan fingerprint density at radius 3 is 2.43 bits per heavy atom. The third kappa shape index (κ3) is 2.82. The third-order valence-corrected chi connectivity index (χ3v) is 2.65. The molecule has 0 amide bonds. The largest absolute Gasteiger partial charge is 0.271 e. The van der Waals surface area contributed by atoms with Crippen molar-refractivity contribution in [2.24, 2.45) is 11.8 Å². The van der Waals surface area contributed by atoms with Crippen LogP contribution in [0.1, 0.15) is 38.3 Å². The second-order valence-corrected chi connectivity index (χ2v) is 3.82. The Morgan fingerprint density at radius 2 is 1.93 bits per heavy atom. The first-order valence-corrected chi connectivity index (χ1v) is 5.30. The number of nitrogens with one attached hydrogen (secondary N) is 1. The summed E-state index contributed by atoms with van der Waals surface area (Å²) in [5, 5.41) is 0. The van der Waals surface area contributed by atoms with E-state index in [0.29, 0.717) is 5.92 Å². The minimum atomic E-state index is 0.274. The molecule has 14 heavy (non-hydrogen) atoms. The molecule has 1 aromatic rings. The van der Waals surface area contributed by atoms with Gasteiger partial charge in [-0.1, -0.05) is 50.6 Å². The van der Waals surface area contributed by atoms with Crippen LogP contribution in [0.25, 0.3) is 0 Å². The zero-order valence-electron chi connectivity index (χ0n) is 9.03. The van der Waals surface area contributed by atoms with Gasteiger partial charge >= 0.3 is 0 Å². The Morgan fingerprint density at radius 1 is 1.29 bits per heavy atom. The first-order valence-electron chi connectivity index (χ1n) is 5.30. The van der Waals surface area contributed by atoms with Crippen LogP contribution in [0.5, 0.6) is 0 Å². The molecule has 2 unspecified atom stereocenters. The Bertz CT molecular complexity index is 246. The van der Waals surface area contributed by atoms with E-state index in [-0.39, 0.29) is 6.04 Å². The number of rotatable bonds is 5. The molecule has 0 aliphatic rings. The molecule has 1 aromatic carbocycles. The van der Waals surface area contributed by atoms with Crippen LogP contribution in [0, 0.1) is 5.92 Å². The lowest BCUT2D eigenvalue weighted by Crippen LogP contribution is -2.32. The maximum atomic E-state index is 5.59. The zero-order chi connectivity index (χ0) is 10.4. The molecule has 3 N–H and O–H groups in total. The summed E-state index contributed by atoms with van der Waals surface area (Å²) >= 11 is 0. The van der Waals surface area contributed by atoms with Gasteiger partial charge in [0.2, 0.25) is 0 Å². The van der Waals surface area contributed by atoms with E-state index >= 15 is 0 Å². The predicted molar refractivity (Wildman–Crippen MR) is 60.6 cm³/mol. The lowest BCUT2D eigenvalue weighted by atomic mass is 9.92. The molecular formula is C12H20N2. The molecule has 0 aliphatic carbocycles. The lowest BCUT2D eigenvalue weighted by molar-refractivity contribution is 0.368. The van der Waals surface area contributed by atoms with Gasteiger partial charge in [0.25, 0.3) is 0 Å². The third-order valence-electron chi connectivity index (χ3n) is 2.65. The van der Waals surface area contributed by atoms with Crippen LogP contribution in [0.4, 0.5) is 0 Å². The van der Waals surface area contributed by atoms with Gasteiger partial charge in [-0.2, -0.15) is 0 Å². The van der Waals surface area contributed by atoms with Crippen molar-refractivity contribution in [3.8, 4) is 0 Å². The highest BCUT2D eigenvalue weighted by Gasteiger charge is 2.16. The maximum Gasteiger partial charge on any atom is 0.0485 e. The monoisotopic (exact) mass is 192 g/mol. The van der Waals surface area contributed by atoms with Gasteiger partial charge in [0.1, 0.15) is 0 Å². The number of nitrogens with two attached hydrogens (primary N) is 1. The number of hydrazine groups is 1. The SMILES string of the molecule is CCCC(C)C(NN)c1ccccc1. The summed E-state index contributed by atoms with van der Waals surface area (Å²) in [6, 6.07) is 10.7. The van der Waals surface area contributed by atoms with Crippen LogP contribution >= 0.6 is 0 Å². The van der Waals surface area contributed by atoms with Crippen molar-refractivity contribution in [3.63, 3.8) is 0 Å². The molecule has 0 radical (unpaired) electrons. The van der Waals surface area contributed by atoms with E-state index < -0.39 is 0 Å². The molecule has 0 aromatic heterocycles. The van der Waals surface area contributed by atoms with Crippen LogP contribution in [-0.4, -0.2) is 0 Å². The summed E-state index contributed by atoms with van der Waals surface area (Å²) < 4.78 is 0. The lowest BCUT2D eigenvalue weighted by Gasteiger charge is -2.23. The summed E-state index contributed by atoms with van der Waals surface area (Å²) in [6.45, 7) is 4.44. The quantitative estimate of drug-likeness (QED) is 0.556. The molecule has 0 bridgehead atoms. The smallest absolute Gasteiger partial charge is 0.0485 e. The minimum Gasteiger partial charge on any atom is -0.271 e. The number of benzene rings is 1. The van der Waals surface area contributed by atoms with Gasteiger partial charge in [-0.3, -0.25) is 11.3 Å². The standard InChI is InChI=1S/C12H20N2/c1-3-7-10(2)12(14-13)11-8-5-4-6-9-11/h4-6,8-10,12,14H,3,7,13H2,1-2H3. The topological polar surface area (TPSA) is 38.0 Å². The second-order valence-electron chi connectivity index (χ2n) is 3.82. The number of hydrogen-bond donors (Lipinski definition) is 2. The van der Waals surface area contributed by atoms with Gasteiger partial charge in [0, 0.05) is 6.04 Å². The van der Waals surface area contributed by atoms with Crippen LogP contribution in [0.2, 0.25) is 0 Å². The summed E-state index contributed by atoms with van der Waals surface area (Å²) in [4.78, 5) is 0.